The zero-order valence-electron chi connectivity index (χ0n) is 9.27. The normalized spacial score (nSPS) is 11.6. The van der Waals surface area contributed by atoms with Crippen molar-refractivity contribution in [3.63, 3.8) is 0 Å². The van der Waals surface area contributed by atoms with E-state index in [1.807, 2.05) is 0 Å². The lowest BCUT2D eigenvalue weighted by Crippen LogP contribution is -2.40. The van der Waals surface area contributed by atoms with Crippen LogP contribution in [0.3, 0.4) is 0 Å². The average Bonchev–Trinajstić information content (AvgIpc) is 2.30. The molecule has 6 heteroatoms. The summed E-state index contributed by atoms with van der Waals surface area (Å²) >= 11 is 5.80. The fourth-order valence-corrected chi connectivity index (χ4v) is 1.40. The molecule has 92 valence electrons. The van der Waals surface area contributed by atoms with Crippen molar-refractivity contribution in [2.45, 2.75) is 13.0 Å². The van der Waals surface area contributed by atoms with E-state index < -0.39 is 12.1 Å². The topological polar surface area (TPSA) is 67.4 Å². The van der Waals surface area contributed by atoms with E-state index in [2.05, 4.69) is 15.6 Å². The van der Waals surface area contributed by atoms with Gasteiger partial charge in [-0.1, -0.05) is 23.7 Å². The maximum absolute atomic E-state index is 11.0. The number of halogens is 1. The molecule has 1 unspecified atom stereocenters. The van der Waals surface area contributed by atoms with Crippen LogP contribution in [0.4, 0.5) is 4.79 Å². The van der Waals surface area contributed by atoms with Crippen molar-refractivity contribution in [2.24, 2.45) is 0 Å². The first kappa shape index (κ1) is 13.5. The molecule has 0 saturated heterocycles. The van der Waals surface area contributed by atoms with Crippen molar-refractivity contribution in [1.82, 2.24) is 10.9 Å². The Labute approximate surface area is 104 Å². The van der Waals surface area contributed by atoms with Crippen molar-refractivity contribution < 1.29 is 14.3 Å². The molecule has 0 aliphatic carbocycles. The van der Waals surface area contributed by atoms with Crippen LogP contribution in [0.1, 0.15) is 18.5 Å². The van der Waals surface area contributed by atoms with E-state index in [1.165, 1.54) is 0 Å². The number of hydrogen-bond donors (Lipinski definition) is 2. The quantitative estimate of drug-likeness (QED) is 0.623. The Bertz CT molecular complexity index is 398. The second-order valence-corrected chi connectivity index (χ2v) is 3.60. The fraction of sp³-hybridized carbons (Fsp3) is 0.273. The Kier molecular flexibility index (Phi) is 5.45. The minimum absolute atomic E-state index is 0.260. The first-order valence-electron chi connectivity index (χ1n) is 5.06. The monoisotopic (exact) mass is 256 g/mol. The van der Waals surface area contributed by atoms with Gasteiger partial charge in [0.1, 0.15) is 12.3 Å². The van der Waals surface area contributed by atoms with Crippen molar-refractivity contribution >= 4 is 24.0 Å². The number of amides is 1. The molecule has 0 bridgehead atoms. The highest BCUT2D eigenvalue weighted by Gasteiger charge is 2.11. The molecule has 1 rings (SSSR count). The van der Waals surface area contributed by atoms with E-state index in [9.17, 15) is 9.59 Å². The summed E-state index contributed by atoms with van der Waals surface area (Å²) in [5, 5.41) is 0.521. The largest absolute Gasteiger partial charge is 0.449 e. The first-order chi connectivity index (χ1) is 8.17. The maximum atomic E-state index is 11.0. The molecule has 0 spiro atoms. The van der Waals surface area contributed by atoms with Gasteiger partial charge < -0.3 is 9.53 Å². The van der Waals surface area contributed by atoms with Crippen molar-refractivity contribution in [3.05, 3.63) is 34.9 Å². The molecule has 17 heavy (non-hydrogen) atoms. The molecule has 0 heterocycles. The van der Waals surface area contributed by atoms with E-state index in [0.29, 0.717) is 16.9 Å². The van der Waals surface area contributed by atoms with Gasteiger partial charge in [-0.3, -0.25) is 5.43 Å². The molecular formula is C11H13ClN2O3. The molecule has 0 aliphatic rings. The van der Waals surface area contributed by atoms with E-state index in [0.717, 1.165) is 0 Å². The molecule has 0 radical (unpaired) electrons. The molecule has 0 aliphatic heterocycles. The Hall–Kier alpha value is -1.59. The Morgan fingerprint density at radius 3 is 2.94 bits per heavy atom. The van der Waals surface area contributed by atoms with Crippen LogP contribution in [0.15, 0.2) is 24.3 Å². The molecule has 0 fully saturated rings. The highest BCUT2D eigenvalue weighted by atomic mass is 35.5. The minimum Gasteiger partial charge on any atom is -0.449 e. The van der Waals surface area contributed by atoms with Crippen LogP contribution < -0.4 is 10.9 Å². The first-order valence-corrected chi connectivity index (χ1v) is 5.44. The number of aldehydes is 1. The molecule has 0 saturated carbocycles. The van der Waals surface area contributed by atoms with Gasteiger partial charge in [-0.2, -0.15) is 0 Å². The van der Waals surface area contributed by atoms with Crippen molar-refractivity contribution in [1.29, 1.82) is 0 Å². The zero-order valence-corrected chi connectivity index (χ0v) is 10.0. The van der Waals surface area contributed by atoms with E-state index in [4.69, 9.17) is 11.6 Å². The predicted molar refractivity (Wildman–Crippen MR) is 63.6 cm³/mol. The van der Waals surface area contributed by atoms with Gasteiger partial charge in [0.15, 0.2) is 0 Å². The molecule has 5 nitrogen and oxygen atoms in total. The second-order valence-electron chi connectivity index (χ2n) is 3.16. The smallest absolute Gasteiger partial charge is 0.421 e. The van der Waals surface area contributed by atoms with Crippen LogP contribution in [0.5, 0.6) is 0 Å². The minimum atomic E-state index is -0.668. The van der Waals surface area contributed by atoms with Gasteiger partial charge >= 0.3 is 6.09 Å². The molecular weight excluding hydrogens is 244 g/mol. The summed E-state index contributed by atoms with van der Waals surface area (Å²) in [6, 6.07) is 6.12. The van der Waals surface area contributed by atoms with Crippen LogP contribution in [0.2, 0.25) is 5.02 Å². The number of nitrogens with one attached hydrogen (secondary N) is 2. The third-order valence-corrected chi connectivity index (χ3v) is 2.18. The van der Waals surface area contributed by atoms with E-state index >= 15 is 0 Å². The number of carbonyl (C=O) groups is 2. The highest BCUT2D eigenvalue weighted by molar-refractivity contribution is 6.30. The third kappa shape index (κ3) is 4.42. The van der Waals surface area contributed by atoms with Gasteiger partial charge in [-0.25, -0.2) is 10.2 Å². The fourth-order valence-electron chi connectivity index (χ4n) is 1.20. The summed E-state index contributed by atoms with van der Waals surface area (Å²) in [5.41, 5.74) is 5.47. The van der Waals surface area contributed by atoms with Gasteiger partial charge in [-0.15, -0.1) is 0 Å². The van der Waals surface area contributed by atoms with Gasteiger partial charge in [0.2, 0.25) is 0 Å². The van der Waals surface area contributed by atoms with Gasteiger partial charge in [0.25, 0.3) is 0 Å². The number of hydrazine groups is 1. The summed E-state index contributed by atoms with van der Waals surface area (Å²) in [7, 11) is 0. The van der Waals surface area contributed by atoms with E-state index in [-0.39, 0.29) is 6.61 Å². The van der Waals surface area contributed by atoms with Crippen LogP contribution in [-0.2, 0) is 9.53 Å². The van der Waals surface area contributed by atoms with Crippen LogP contribution in [0, 0.1) is 0 Å². The van der Waals surface area contributed by atoms with E-state index in [1.54, 1.807) is 31.2 Å². The maximum Gasteiger partial charge on any atom is 0.421 e. The number of ether oxygens (including phenoxy) is 1. The van der Waals surface area contributed by atoms with Crippen molar-refractivity contribution in [3.8, 4) is 0 Å². The molecule has 1 amide bonds. The van der Waals surface area contributed by atoms with Crippen LogP contribution in [-0.4, -0.2) is 19.0 Å². The molecule has 1 aromatic rings. The summed E-state index contributed by atoms with van der Waals surface area (Å²) in [6.45, 7) is 1.95. The number of rotatable bonds is 5. The van der Waals surface area contributed by atoms with Gasteiger partial charge in [-0.05, 0) is 24.6 Å². The summed E-state index contributed by atoms with van der Waals surface area (Å²) in [4.78, 5) is 21.9. The number of hydrogen-bond acceptors (Lipinski definition) is 4. The average molecular weight is 257 g/mol. The summed E-state index contributed by atoms with van der Waals surface area (Å²) in [5.74, 6) is 0. The highest BCUT2D eigenvalue weighted by Crippen LogP contribution is 2.15. The predicted octanol–water partition coefficient (Wildman–Crippen LogP) is 1.83. The zero-order chi connectivity index (χ0) is 12.7. The second kappa shape index (κ2) is 6.88. The SMILES string of the molecule is CCOC(=O)NNC(C=O)c1cccc(Cl)c1. The molecule has 1 atom stereocenters. The Morgan fingerprint density at radius 1 is 1.59 bits per heavy atom. The molecule has 1 aromatic carbocycles. The summed E-state index contributed by atoms with van der Waals surface area (Å²) in [6.07, 6.45) is 0.0270. The lowest BCUT2D eigenvalue weighted by molar-refractivity contribution is -0.109. The lowest BCUT2D eigenvalue weighted by atomic mass is 10.1. The number of carbonyl (C=O) groups excluding carboxylic acids is 2. The standard InChI is InChI=1S/C11H13ClN2O3/c1-2-17-11(16)14-13-10(7-15)8-4-3-5-9(12)6-8/h3-7,10,13H,2H2,1H3,(H,14,16). The third-order valence-electron chi connectivity index (χ3n) is 1.95. The number of benzene rings is 1. The Morgan fingerprint density at radius 2 is 2.35 bits per heavy atom. The molecule has 2 N–H and O–H groups in total. The van der Waals surface area contributed by atoms with Crippen LogP contribution in [0.25, 0.3) is 0 Å². The summed E-state index contributed by atoms with van der Waals surface area (Å²) < 4.78 is 4.64. The Balaban J connectivity index is 2.60. The van der Waals surface area contributed by atoms with Crippen molar-refractivity contribution in [2.75, 3.05) is 6.61 Å². The van der Waals surface area contributed by atoms with Gasteiger partial charge in [0.05, 0.1) is 6.61 Å². The van der Waals surface area contributed by atoms with Crippen LogP contribution >= 0.6 is 11.6 Å². The molecule has 0 aromatic heterocycles. The van der Waals surface area contributed by atoms with Gasteiger partial charge in [0, 0.05) is 5.02 Å². The lowest BCUT2D eigenvalue weighted by Gasteiger charge is -2.13.